The number of benzene rings is 1. The normalized spacial score (nSPS) is 17.6. The summed E-state index contributed by atoms with van der Waals surface area (Å²) in [5, 5.41) is 8.69. The Balaban J connectivity index is 1.79. The molecule has 90 valence electrons. The zero-order valence-corrected chi connectivity index (χ0v) is 10.2. The zero-order chi connectivity index (χ0) is 12.1. The molecular weight excluding hydrogens is 212 g/mol. The lowest BCUT2D eigenvalue weighted by Gasteiger charge is -2.28. The van der Waals surface area contributed by atoms with Gasteiger partial charge >= 0.3 is 0 Å². The van der Waals surface area contributed by atoms with Crippen molar-refractivity contribution >= 4 is 0 Å². The summed E-state index contributed by atoms with van der Waals surface area (Å²) in [4.78, 5) is 2.36. The van der Waals surface area contributed by atoms with E-state index in [1.165, 1.54) is 25.9 Å². The highest BCUT2D eigenvalue weighted by atomic mass is 16.5. The van der Waals surface area contributed by atoms with E-state index >= 15 is 0 Å². The molecule has 0 aromatic heterocycles. The number of likely N-dealkylation sites (tertiary alicyclic amines) is 1. The summed E-state index contributed by atoms with van der Waals surface area (Å²) >= 11 is 0. The van der Waals surface area contributed by atoms with Gasteiger partial charge in [-0.2, -0.15) is 5.26 Å². The fraction of sp³-hybridized carbons (Fsp3) is 0.500. The summed E-state index contributed by atoms with van der Waals surface area (Å²) in [7, 11) is 2.16. The molecule has 0 aliphatic carbocycles. The Bertz CT molecular complexity index is 386. The van der Waals surface area contributed by atoms with E-state index in [9.17, 15) is 0 Å². The molecule has 0 radical (unpaired) electrons. The lowest BCUT2D eigenvalue weighted by atomic mass is 9.98. The number of nitriles is 1. The summed E-state index contributed by atoms with van der Waals surface area (Å²) < 4.78 is 5.75. The lowest BCUT2D eigenvalue weighted by Crippen LogP contribution is -2.32. The van der Waals surface area contributed by atoms with E-state index in [4.69, 9.17) is 10.00 Å². The molecule has 1 saturated heterocycles. The SMILES string of the molecule is CN1CCC(COc2ccc(C#N)cc2)CC1. The maximum atomic E-state index is 8.69. The molecule has 3 nitrogen and oxygen atoms in total. The van der Waals surface area contributed by atoms with Gasteiger partial charge in [0, 0.05) is 0 Å². The second-order valence-corrected chi connectivity index (χ2v) is 4.69. The first kappa shape index (κ1) is 11.9. The Morgan fingerprint density at radius 2 is 1.94 bits per heavy atom. The summed E-state index contributed by atoms with van der Waals surface area (Å²) in [5.41, 5.74) is 0.677. The minimum Gasteiger partial charge on any atom is -0.493 e. The van der Waals surface area contributed by atoms with Crippen LogP contribution in [0, 0.1) is 17.2 Å². The minimum absolute atomic E-state index is 0.668. The van der Waals surface area contributed by atoms with Crippen molar-refractivity contribution < 1.29 is 4.74 Å². The topological polar surface area (TPSA) is 36.3 Å². The molecule has 1 aliphatic rings. The third-order valence-electron chi connectivity index (χ3n) is 3.31. The van der Waals surface area contributed by atoms with Gasteiger partial charge in [-0.1, -0.05) is 0 Å². The van der Waals surface area contributed by atoms with Crippen LogP contribution in [-0.2, 0) is 0 Å². The van der Waals surface area contributed by atoms with Crippen molar-refractivity contribution in [3.05, 3.63) is 29.8 Å². The van der Waals surface area contributed by atoms with Gasteiger partial charge in [0.1, 0.15) is 5.75 Å². The second-order valence-electron chi connectivity index (χ2n) is 4.69. The molecule has 0 amide bonds. The van der Waals surface area contributed by atoms with Crippen LogP contribution in [0.4, 0.5) is 0 Å². The van der Waals surface area contributed by atoms with Crippen LogP contribution in [0.1, 0.15) is 18.4 Å². The predicted molar refractivity (Wildman–Crippen MR) is 66.9 cm³/mol. The van der Waals surface area contributed by atoms with Crippen LogP contribution in [0.15, 0.2) is 24.3 Å². The van der Waals surface area contributed by atoms with Gasteiger partial charge in [-0.25, -0.2) is 0 Å². The largest absolute Gasteiger partial charge is 0.493 e. The number of hydrogen-bond donors (Lipinski definition) is 0. The van der Waals surface area contributed by atoms with Crippen molar-refractivity contribution in [1.82, 2.24) is 4.90 Å². The highest BCUT2D eigenvalue weighted by Crippen LogP contribution is 2.18. The standard InChI is InChI=1S/C14H18N2O/c1-16-8-6-13(7-9-16)11-17-14-4-2-12(10-15)3-5-14/h2-5,13H,6-9,11H2,1H3. The molecule has 1 fully saturated rings. The van der Waals surface area contributed by atoms with E-state index in [1.807, 2.05) is 12.1 Å². The molecule has 0 atom stereocenters. The fourth-order valence-corrected chi connectivity index (χ4v) is 2.07. The number of piperidine rings is 1. The summed E-state index contributed by atoms with van der Waals surface area (Å²) in [6.07, 6.45) is 2.43. The predicted octanol–water partition coefficient (Wildman–Crippen LogP) is 2.28. The van der Waals surface area contributed by atoms with Gasteiger partial charge in [-0.3, -0.25) is 0 Å². The van der Waals surface area contributed by atoms with E-state index in [0.29, 0.717) is 11.5 Å². The summed E-state index contributed by atoms with van der Waals surface area (Å²) in [6.45, 7) is 3.13. The Hall–Kier alpha value is -1.53. The van der Waals surface area contributed by atoms with E-state index in [-0.39, 0.29) is 0 Å². The Kier molecular flexibility index (Phi) is 4.00. The maximum Gasteiger partial charge on any atom is 0.119 e. The lowest BCUT2D eigenvalue weighted by molar-refractivity contribution is 0.160. The van der Waals surface area contributed by atoms with Crippen molar-refractivity contribution in [3.63, 3.8) is 0 Å². The van der Waals surface area contributed by atoms with Gasteiger partial charge in [-0.05, 0) is 63.2 Å². The average molecular weight is 230 g/mol. The Morgan fingerprint density at radius 1 is 1.29 bits per heavy atom. The van der Waals surface area contributed by atoms with Crippen molar-refractivity contribution in [2.75, 3.05) is 26.7 Å². The van der Waals surface area contributed by atoms with Crippen LogP contribution in [0.5, 0.6) is 5.75 Å². The monoisotopic (exact) mass is 230 g/mol. The van der Waals surface area contributed by atoms with E-state index in [1.54, 1.807) is 12.1 Å². The van der Waals surface area contributed by atoms with Crippen LogP contribution in [0.2, 0.25) is 0 Å². The van der Waals surface area contributed by atoms with Crippen LogP contribution >= 0.6 is 0 Å². The Morgan fingerprint density at radius 3 is 2.53 bits per heavy atom. The van der Waals surface area contributed by atoms with Gasteiger partial charge in [0.05, 0.1) is 18.2 Å². The number of rotatable bonds is 3. The first-order valence-corrected chi connectivity index (χ1v) is 6.09. The number of hydrogen-bond acceptors (Lipinski definition) is 3. The highest BCUT2D eigenvalue weighted by Gasteiger charge is 2.16. The zero-order valence-electron chi connectivity index (χ0n) is 10.2. The highest BCUT2D eigenvalue weighted by molar-refractivity contribution is 5.34. The molecule has 1 heterocycles. The molecule has 0 spiro atoms. The van der Waals surface area contributed by atoms with Crippen LogP contribution < -0.4 is 4.74 Å². The van der Waals surface area contributed by atoms with Gasteiger partial charge in [0.2, 0.25) is 0 Å². The maximum absolute atomic E-state index is 8.69. The first-order chi connectivity index (χ1) is 8.28. The molecule has 1 aliphatic heterocycles. The van der Waals surface area contributed by atoms with Crippen LogP contribution in [-0.4, -0.2) is 31.6 Å². The van der Waals surface area contributed by atoms with E-state index in [2.05, 4.69) is 18.0 Å². The van der Waals surface area contributed by atoms with Crippen molar-refractivity contribution in [2.45, 2.75) is 12.8 Å². The Labute approximate surface area is 103 Å². The molecule has 1 aromatic rings. The van der Waals surface area contributed by atoms with Crippen LogP contribution in [0.25, 0.3) is 0 Å². The van der Waals surface area contributed by atoms with Crippen molar-refractivity contribution in [3.8, 4) is 11.8 Å². The quantitative estimate of drug-likeness (QED) is 0.799. The third-order valence-corrected chi connectivity index (χ3v) is 3.31. The van der Waals surface area contributed by atoms with Crippen LogP contribution in [0.3, 0.4) is 0 Å². The molecule has 0 bridgehead atoms. The van der Waals surface area contributed by atoms with Crippen molar-refractivity contribution in [1.29, 1.82) is 5.26 Å². The molecule has 0 unspecified atom stereocenters. The smallest absolute Gasteiger partial charge is 0.119 e. The summed E-state index contributed by atoms with van der Waals surface area (Å²) in [5.74, 6) is 1.53. The third kappa shape index (κ3) is 3.47. The van der Waals surface area contributed by atoms with Crippen molar-refractivity contribution in [2.24, 2.45) is 5.92 Å². The van der Waals surface area contributed by atoms with Gasteiger partial charge in [-0.15, -0.1) is 0 Å². The molecule has 2 rings (SSSR count). The van der Waals surface area contributed by atoms with E-state index in [0.717, 1.165) is 12.4 Å². The van der Waals surface area contributed by atoms with Gasteiger partial charge in [0.25, 0.3) is 0 Å². The molecule has 1 aromatic carbocycles. The fourth-order valence-electron chi connectivity index (χ4n) is 2.07. The molecule has 3 heteroatoms. The van der Waals surface area contributed by atoms with E-state index < -0.39 is 0 Å². The second kappa shape index (κ2) is 5.70. The molecule has 0 N–H and O–H groups in total. The number of nitrogens with zero attached hydrogens (tertiary/aromatic N) is 2. The van der Waals surface area contributed by atoms with Gasteiger partial charge < -0.3 is 9.64 Å². The van der Waals surface area contributed by atoms with Gasteiger partial charge in [0.15, 0.2) is 0 Å². The summed E-state index contributed by atoms with van der Waals surface area (Å²) in [6, 6.07) is 9.43. The molecule has 17 heavy (non-hydrogen) atoms. The minimum atomic E-state index is 0.668. The number of ether oxygens (including phenoxy) is 1. The molecule has 0 saturated carbocycles. The first-order valence-electron chi connectivity index (χ1n) is 6.09. The molecular formula is C14H18N2O. The average Bonchev–Trinajstić information content (AvgIpc) is 2.39.